The Morgan fingerprint density at radius 2 is 2.00 bits per heavy atom. The lowest BCUT2D eigenvalue weighted by molar-refractivity contribution is 0.480. The molecule has 14 heavy (non-hydrogen) atoms. The van der Waals surface area contributed by atoms with Crippen molar-refractivity contribution in [2.24, 2.45) is 4.99 Å². The summed E-state index contributed by atoms with van der Waals surface area (Å²) in [6, 6.07) is 0.514. The molecule has 0 aliphatic heterocycles. The fourth-order valence-electron chi connectivity index (χ4n) is 0.873. The van der Waals surface area contributed by atoms with E-state index in [4.69, 9.17) is 11.6 Å². The van der Waals surface area contributed by atoms with Gasteiger partial charge in [-0.1, -0.05) is 11.6 Å². The molecule has 0 aliphatic carbocycles. The van der Waals surface area contributed by atoms with Crippen molar-refractivity contribution in [3.8, 4) is 0 Å². The Hall–Kier alpha value is -1.32. The first-order valence-corrected chi connectivity index (χ1v) is 3.81. The lowest BCUT2D eigenvalue weighted by Crippen LogP contribution is -1.99. The van der Waals surface area contributed by atoms with E-state index in [2.05, 4.69) is 4.99 Å². The molecule has 74 valence electrons. The van der Waals surface area contributed by atoms with Gasteiger partial charge in [0.2, 0.25) is 6.08 Å². The minimum atomic E-state index is -1.40. The highest BCUT2D eigenvalue weighted by atomic mass is 35.5. The third kappa shape index (κ3) is 1.95. The van der Waals surface area contributed by atoms with Gasteiger partial charge in [-0.2, -0.15) is 0 Å². The van der Waals surface area contributed by atoms with Crippen LogP contribution in [0.15, 0.2) is 11.1 Å². The number of carbonyl (C=O) groups excluding carboxylic acids is 1. The van der Waals surface area contributed by atoms with Crippen molar-refractivity contribution in [2.45, 2.75) is 6.54 Å². The predicted molar refractivity (Wildman–Crippen MR) is 43.2 cm³/mol. The number of aliphatic imine (C=N–C) groups is 1. The number of benzene rings is 1. The molecule has 0 amide bonds. The van der Waals surface area contributed by atoms with Gasteiger partial charge in [-0.05, 0) is 6.07 Å². The molecular formula is C8H3ClF3NO. The van der Waals surface area contributed by atoms with Crippen LogP contribution >= 0.6 is 11.6 Å². The van der Waals surface area contributed by atoms with Crippen molar-refractivity contribution in [3.63, 3.8) is 0 Å². The zero-order valence-corrected chi connectivity index (χ0v) is 7.41. The predicted octanol–water partition coefficient (Wildman–Crippen LogP) is 2.59. The molecular weight excluding hydrogens is 219 g/mol. The standard InChI is InChI=1S/C8H3ClF3NO/c9-5-1-6(10)8(12)4(7(5)11)2-13-3-14/h1H,2H2. The third-order valence-electron chi connectivity index (χ3n) is 1.50. The average molecular weight is 222 g/mol. The molecule has 0 bridgehead atoms. The van der Waals surface area contributed by atoms with Crippen LogP contribution in [-0.2, 0) is 11.3 Å². The van der Waals surface area contributed by atoms with Gasteiger partial charge in [-0.15, -0.1) is 0 Å². The minimum absolute atomic E-state index is 0.514. The first kappa shape index (κ1) is 10.8. The van der Waals surface area contributed by atoms with Crippen molar-refractivity contribution in [1.29, 1.82) is 0 Å². The van der Waals surface area contributed by atoms with Crippen LogP contribution in [0.5, 0.6) is 0 Å². The van der Waals surface area contributed by atoms with E-state index >= 15 is 0 Å². The van der Waals surface area contributed by atoms with Crippen molar-refractivity contribution >= 4 is 17.7 Å². The van der Waals surface area contributed by atoms with E-state index in [1.54, 1.807) is 0 Å². The molecule has 0 heterocycles. The first-order valence-electron chi connectivity index (χ1n) is 3.43. The van der Waals surface area contributed by atoms with Gasteiger partial charge < -0.3 is 0 Å². The summed E-state index contributed by atoms with van der Waals surface area (Å²) in [5, 5.41) is -0.556. The summed E-state index contributed by atoms with van der Waals surface area (Å²) in [7, 11) is 0. The van der Waals surface area contributed by atoms with E-state index in [-0.39, 0.29) is 0 Å². The summed E-state index contributed by atoms with van der Waals surface area (Å²) in [6.07, 6.45) is 1.09. The van der Waals surface area contributed by atoms with Crippen LogP contribution in [0.3, 0.4) is 0 Å². The summed E-state index contributed by atoms with van der Waals surface area (Å²) >= 11 is 5.25. The number of halogens is 4. The summed E-state index contributed by atoms with van der Waals surface area (Å²) < 4.78 is 38.6. The Morgan fingerprint density at radius 1 is 1.36 bits per heavy atom. The maximum atomic E-state index is 13.0. The van der Waals surface area contributed by atoms with Crippen LogP contribution in [0.1, 0.15) is 5.56 Å². The van der Waals surface area contributed by atoms with Crippen LogP contribution in [0.25, 0.3) is 0 Å². The van der Waals surface area contributed by atoms with Gasteiger partial charge in [-0.25, -0.2) is 23.0 Å². The molecule has 0 radical (unpaired) electrons. The molecule has 0 atom stereocenters. The highest BCUT2D eigenvalue weighted by Gasteiger charge is 2.17. The lowest BCUT2D eigenvalue weighted by atomic mass is 10.2. The molecule has 0 saturated heterocycles. The SMILES string of the molecule is O=C=NCc1c(F)c(F)cc(Cl)c1F. The van der Waals surface area contributed by atoms with Crippen molar-refractivity contribution in [2.75, 3.05) is 0 Å². The Morgan fingerprint density at radius 3 is 2.57 bits per heavy atom. The maximum absolute atomic E-state index is 13.0. The summed E-state index contributed by atoms with van der Waals surface area (Å²) in [6.45, 7) is -0.626. The third-order valence-corrected chi connectivity index (χ3v) is 1.78. The smallest absolute Gasteiger partial charge is 0.211 e. The highest BCUT2D eigenvalue weighted by Crippen LogP contribution is 2.24. The van der Waals surface area contributed by atoms with E-state index in [1.807, 2.05) is 0 Å². The Balaban J connectivity index is 3.31. The molecule has 2 nitrogen and oxygen atoms in total. The molecule has 1 aromatic rings. The second kappa shape index (κ2) is 4.26. The largest absolute Gasteiger partial charge is 0.235 e. The summed E-state index contributed by atoms with van der Waals surface area (Å²) in [4.78, 5) is 12.6. The lowest BCUT2D eigenvalue weighted by Gasteiger charge is -2.03. The summed E-state index contributed by atoms with van der Waals surface area (Å²) in [5.74, 6) is -3.80. The molecule has 0 saturated carbocycles. The molecule has 0 spiro atoms. The summed E-state index contributed by atoms with van der Waals surface area (Å²) in [5.41, 5.74) is -0.682. The number of rotatable bonds is 2. The van der Waals surface area contributed by atoms with E-state index in [1.165, 1.54) is 0 Å². The van der Waals surface area contributed by atoms with Crippen LogP contribution in [0, 0.1) is 17.5 Å². The van der Waals surface area contributed by atoms with Crippen LogP contribution in [-0.4, -0.2) is 6.08 Å². The Bertz CT molecular complexity index is 389. The molecule has 1 rings (SSSR count). The second-order valence-corrected chi connectivity index (χ2v) is 2.76. The zero-order valence-electron chi connectivity index (χ0n) is 6.65. The molecule has 0 aliphatic rings. The van der Waals surface area contributed by atoms with Gasteiger partial charge in [-0.3, -0.25) is 0 Å². The van der Waals surface area contributed by atoms with Crippen molar-refractivity contribution in [3.05, 3.63) is 34.1 Å². The molecule has 0 unspecified atom stereocenters. The topological polar surface area (TPSA) is 29.4 Å². The average Bonchev–Trinajstić information content (AvgIpc) is 2.15. The number of hydrogen-bond donors (Lipinski definition) is 0. The molecule has 0 N–H and O–H groups in total. The Kier molecular flexibility index (Phi) is 3.28. The van der Waals surface area contributed by atoms with Gasteiger partial charge in [0, 0.05) is 0 Å². The van der Waals surface area contributed by atoms with E-state index < -0.39 is 34.6 Å². The molecule has 0 fully saturated rings. The zero-order chi connectivity index (χ0) is 10.7. The fraction of sp³-hybridized carbons (Fsp3) is 0.125. The molecule has 1 aromatic carbocycles. The van der Waals surface area contributed by atoms with E-state index in [0.29, 0.717) is 6.07 Å². The van der Waals surface area contributed by atoms with Crippen molar-refractivity contribution < 1.29 is 18.0 Å². The monoisotopic (exact) mass is 221 g/mol. The van der Waals surface area contributed by atoms with E-state index in [0.717, 1.165) is 6.08 Å². The Labute approximate surface area is 82.0 Å². The molecule has 6 heteroatoms. The van der Waals surface area contributed by atoms with Gasteiger partial charge in [0.05, 0.1) is 17.1 Å². The van der Waals surface area contributed by atoms with Crippen LogP contribution in [0.2, 0.25) is 5.02 Å². The second-order valence-electron chi connectivity index (χ2n) is 2.35. The maximum Gasteiger partial charge on any atom is 0.235 e. The van der Waals surface area contributed by atoms with Gasteiger partial charge >= 0.3 is 0 Å². The number of hydrogen-bond acceptors (Lipinski definition) is 2. The van der Waals surface area contributed by atoms with Gasteiger partial charge in [0.15, 0.2) is 11.6 Å². The van der Waals surface area contributed by atoms with Gasteiger partial charge in [0.1, 0.15) is 5.82 Å². The number of isocyanates is 1. The minimum Gasteiger partial charge on any atom is -0.211 e. The van der Waals surface area contributed by atoms with Gasteiger partial charge in [0.25, 0.3) is 0 Å². The van der Waals surface area contributed by atoms with E-state index in [9.17, 15) is 18.0 Å². The van der Waals surface area contributed by atoms with Crippen LogP contribution < -0.4 is 0 Å². The van der Waals surface area contributed by atoms with Crippen LogP contribution in [0.4, 0.5) is 13.2 Å². The fourth-order valence-corrected chi connectivity index (χ4v) is 1.08. The normalized spacial score (nSPS) is 9.71. The first-order chi connectivity index (χ1) is 6.57. The quantitative estimate of drug-likeness (QED) is 0.429. The number of nitrogens with zero attached hydrogens (tertiary/aromatic N) is 1. The highest BCUT2D eigenvalue weighted by molar-refractivity contribution is 6.30. The molecule has 0 aromatic heterocycles. The van der Waals surface area contributed by atoms with Crippen molar-refractivity contribution in [1.82, 2.24) is 0 Å².